The minimum absolute atomic E-state index is 0.750. The predicted molar refractivity (Wildman–Crippen MR) is 89.8 cm³/mol. The van der Waals surface area contributed by atoms with E-state index in [-0.39, 0.29) is 0 Å². The van der Waals surface area contributed by atoms with Gasteiger partial charge in [0.15, 0.2) is 0 Å². The Morgan fingerprint density at radius 3 is 2.60 bits per heavy atom. The number of hydrogen-bond donors (Lipinski definition) is 2. The second kappa shape index (κ2) is 5.55. The molecule has 0 bridgehead atoms. The monoisotopic (exact) mass is 326 g/mol. The molecule has 3 heteroatoms. The maximum absolute atomic E-state index is 6.01. The van der Waals surface area contributed by atoms with Crippen LogP contribution in [0, 0.1) is 0 Å². The van der Waals surface area contributed by atoms with Gasteiger partial charge in [0.25, 0.3) is 0 Å². The number of nitrogens with two attached hydrogens (primary N) is 1. The number of nitrogen functional groups attached to an aromatic ring is 1. The van der Waals surface area contributed by atoms with E-state index in [1.54, 1.807) is 0 Å². The Hall–Kier alpha value is -2.00. The molecular weight excluding hydrogens is 312 g/mol. The second-order valence-electron chi connectivity index (χ2n) is 4.72. The number of fused-ring (bicyclic) bond motifs is 1. The lowest BCUT2D eigenvalue weighted by Gasteiger charge is -2.11. The van der Waals surface area contributed by atoms with Crippen LogP contribution in [0.5, 0.6) is 0 Å². The number of hydrogen-bond acceptors (Lipinski definition) is 2. The number of benzene rings is 3. The molecular formula is C17H15BrN2. The third kappa shape index (κ3) is 2.63. The molecule has 0 amide bonds. The van der Waals surface area contributed by atoms with Crippen molar-refractivity contribution in [3.8, 4) is 0 Å². The molecule has 20 heavy (non-hydrogen) atoms. The molecule has 0 heterocycles. The largest absolute Gasteiger partial charge is 0.397 e. The van der Waals surface area contributed by atoms with E-state index in [2.05, 4.69) is 63.7 Å². The highest BCUT2D eigenvalue weighted by Crippen LogP contribution is 2.25. The normalized spacial score (nSPS) is 10.7. The van der Waals surface area contributed by atoms with Crippen molar-refractivity contribution in [2.75, 3.05) is 11.1 Å². The molecule has 100 valence electrons. The van der Waals surface area contributed by atoms with Gasteiger partial charge >= 0.3 is 0 Å². The molecule has 2 nitrogen and oxygen atoms in total. The van der Waals surface area contributed by atoms with E-state index in [0.29, 0.717) is 0 Å². The van der Waals surface area contributed by atoms with E-state index < -0.39 is 0 Å². The smallest absolute Gasteiger partial charge is 0.0577 e. The first-order valence-electron chi connectivity index (χ1n) is 6.49. The Labute approximate surface area is 126 Å². The summed E-state index contributed by atoms with van der Waals surface area (Å²) in [7, 11) is 0. The summed E-state index contributed by atoms with van der Waals surface area (Å²) in [6, 6.07) is 20.7. The summed E-state index contributed by atoms with van der Waals surface area (Å²) in [6.07, 6.45) is 0. The Balaban J connectivity index is 1.87. The topological polar surface area (TPSA) is 38.0 Å². The van der Waals surface area contributed by atoms with Gasteiger partial charge in [-0.15, -0.1) is 0 Å². The number of rotatable bonds is 3. The van der Waals surface area contributed by atoms with Crippen LogP contribution in [-0.2, 0) is 6.54 Å². The van der Waals surface area contributed by atoms with Crippen molar-refractivity contribution in [3.05, 3.63) is 70.7 Å². The van der Waals surface area contributed by atoms with E-state index in [9.17, 15) is 0 Å². The van der Waals surface area contributed by atoms with Crippen molar-refractivity contribution in [1.29, 1.82) is 0 Å². The van der Waals surface area contributed by atoms with Gasteiger partial charge in [-0.2, -0.15) is 0 Å². The van der Waals surface area contributed by atoms with Gasteiger partial charge in [0.1, 0.15) is 0 Å². The average Bonchev–Trinajstić information content (AvgIpc) is 2.46. The molecule has 0 saturated carbocycles. The molecule has 0 aliphatic rings. The second-order valence-corrected chi connectivity index (χ2v) is 5.64. The third-order valence-corrected chi connectivity index (χ3v) is 3.86. The molecule has 0 aromatic heterocycles. The molecule has 0 atom stereocenters. The van der Waals surface area contributed by atoms with Crippen LogP contribution in [0.25, 0.3) is 10.8 Å². The highest BCUT2D eigenvalue weighted by Gasteiger charge is 2.02. The molecule has 0 fully saturated rings. The van der Waals surface area contributed by atoms with Gasteiger partial charge in [-0.25, -0.2) is 0 Å². The summed E-state index contributed by atoms with van der Waals surface area (Å²) in [6.45, 7) is 0.757. The zero-order valence-corrected chi connectivity index (χ0v) is 12.5. The zero-order valence-electron chi connectivity index (χ0n) is 10.9. The van der Waals surface area contributed by atoms with Crippen LogP contribution in [0.1, 0.15) is 5.56 Å². The van der Waals surface area contributed by atoms with Crippen molar-refractivity contribution < 1.29 is 0 Å². The molecule has 0 aliphatic carbocycles. The fraction of sp³-hybridized carbons (Fsp3) is 0.0588. The number of anilines is 2. The fourth-order valence-electron chi connectivity index (χ4n) is 2.33. The van der Waals surface area contributed by atoms with Crippen LogP contribution >= 0.6 is 15.9 Å². The quantitative estimate of drug-likeness (QED) is 0.678. The van der Waals surface area contributed by atoms with Gasteiger partial charge in [0.2, 0.25) is 0 Å². The molecule has 0 radical (unpaired) electrons. The number of halogens is 1. The summed E-state index contributed by atoms with van der Waals surface area (Å²) < 4.78 is 0.991. The van der Waals surface area contributed by atoms with E-state index in [1.807, 2.05) is 18.2 Å². The molecule has 0 aliphatic heterocycles. The first-order chi connectivity index (χ1) is 9.74. The van der Waals surface area contributed by atoms with E-state index in [1.165, 1.54) is 16.3 Å². The maximum atomic E-state index is 6.01. The minimum Gasteiger partial charge on any atom is -0.397 e. The molecule has 3 aromatic rings. The van der Waals surface area contributed by atoms with Crippen molar-refractivity contribution >= 4 is 38.1 Å². The minimum atomic E-state index is 0.750. The van der Waals surface area contributed by atoms with Crippen molar-refractivity contribution in [1.82, 2.24) is 0 Å². The Morgan fingerprint density at radius 2 is 1.75 bits per heavy atom. The summed E-state index contributed by atoms with van der Waals surface area (Å²) in [5.74, 6) is 0. The van der Waals surface area contributed by atoms with Crippen LogP contribution in [-0.4, -0.2) is 0 Å². The van der Waals surface area contributed by atoms with Crippen LogP contribution in [0.2, 0.25) is 0 Å². The standard InChI is InChI=1S/C17H15BrN2/c18-14-8-9-17(16(19)10-14)20-11-13-6-3-5-12-4-1-2-7-15(12)13/h1-10,20H,11,19H2. The maximum Gasteiger partial charge on any atom is 0.0577 e. The Kier molecular flexibility index (Phi) is 3.61. The molecule has 0 unspecified atom stereocenters. The van der Waals surface area contributed by atoms with Crippen molar-refractivity contribution in [2.24, 2.45) is 0 Å². The fourth-order valence-corrected chi connectivity index (χ4v) is 2.71. The number of nitrogens with one attached hydrogen (secondary N) is 1. The predicted octanol–water partition coefficient (Wildman–Crippen LogP) is 4.80. The van der Waals surface area contributed by atoms with E-state index in [0.717, 1.165) is 22.4 Å². The zero-order chi connectivity index (χ0) is 13.9. The van der Waals surface area contributed by atoms with Crippen LogP contribution in [0.15, 0.2) is 65.1 Å². The summed E-state index contributed by atoms with van der Waals surface area (Å²) >= 11 is 3.42. The average molecular weight is 327 g/mol. The highest BCUT2D eigenvalue weighted by molar-refractivity contribution is 9.10. The highest BCUT2D eigenvalue weighted by atomic mass is 79.9. The first kappa shape index (κ1) is 13.0. The summed E-state index contributed by atoms with van der Waals surface area (Å²) in [5.41, 5.74) is 8.98. The van der Waals surface area contributed by atoms with Crippen LogP contribution in [0.4, 0.5) is 11.4 Å². The Morgan fingerprint density at radius 1 is 0.950 bits per heavy atom. The SMILES string of the molecule is Nc1cc(Br)ccc1NCc1cccc2ccccc12. The van der Waals surface area contributed by atoms with Crippen LogP contribution in [0.3, 0.4) is 0 Å². The third-order valence-electron chi connectivity index (χ3n) is 3.36. The molecule has 3 aromatic carbocycles. The van der Waals surface area contributed by atoms with Gasteiger partial charge in [-0.05, 0) is 34.5 Å². The lowest BCUT2D eigenvalue weighted by atomic mass is 10.0. The lowest BCUT2D eigenvalue weighted by Crippen LogP contribution is -2.02. The first-order valence-corrected chi connectivity index (χ1v) is 7.29. The van der Waals surface area contributed by atoms with Gasteiger partial charge in [0.05, 0.1) is 11.4 Å². The molecule has 0 spiro atoms. The molecule has 3 rings (SSSR count). The Bertz CT molecular complexity index is 748. The lowest BCUT2D eigenvalue weighted by molar-refractivity contribution is 1.17. The summed E-state index contributed by atoms with van der Waals surface area (Å²) in [4.78, 5) is 0. The van der Waals surface area contributed by atoms with E-state index in [4.69, 9.17) is 5.73 Å². The summed E-state index contributed by atoms with van der Waals surface area (Å²) in [5, 5.41) is 5.94. The van der Waals surface area contributed by atoms with Gasteiger partial charge in [-0.1, -0.05) is 58.4 Å². The van der Waals surface area contributed by atoms with Crippen LogP contribution < -0.4 is 11.1 Å². The molecule has 3 N–H and O–H groups in total. The van der Waals surface area contributed by atoms with E-state index >= 15 is 0 Å². The van der Waals surface area contributed by atoms with Gasteiger partial charge < -0.3 is 11.1 Å². The van der Waals surface area contributed by atoms with Gasteiger partial charge in [0, 0.05) is 11.0 Å². The molecule has 0 saturated heterocycles. The van der Waals surface area contributed by atoms with Crippen molar-refractivity contribution in [3.63, 3.8) is 0 Å². The van der Waals surface area contributed by atoms with Gasteiger partial charge in [-0.3, -0.25) is 0 Å². The van der Waals surface area contributed by atoms with Crippen molar-refractivity contribution in [2.45, 2.75) is 6.54 Å².